The zero-order valence-electron chi connectivity index (χ0n) is 10.2. The second kappa shape index (κ2) is 5.87. The third-order valence-electron chi connectivity index (χ3n) is 2.84. The van der Waals surface area contributed by atoms with Crippen LogP contribution in [-0.4, -0.2) is 24.4 Å². The van der Waals surface area contributed by atoms with Crippen molar-refractivity contribution >= 4 is 0 Å². The number of methoxy groups -OCH3 is 1. The highest BCUT2D eigenvalue weighted by molar-refractivity contribution is 5.37. The van der Waals surface area contributed by atoms with E-state index in [0.29, 0.717) is 6.42 Å². The highest BCUT2D eigenvalue weighted by Crippen LogP contribution is 2.22. The minimum absolute atomic E-state index is 0.175. The maximum Gasteiger partial charge on any atom is 0.122 e. The van der Waals surface area contributed by atoms with Crippen molar-refractivity contribution in [2.75, 3.05) is 7.11 Å². The highest BCUT2D eigenvalue weighted by Gasteiger charge is 2.15. The highest BCUT2D eigenvalue weighted by atomic mass is 16.5. The minimum Gasteiger partial charge on any atom is -0.496 e. The lowest BCUT2D eigenvalue weighted by molar-refractivity contribution is 0.142. The number of benzene rings is 1. The molecular weight excluding hydrogens is 202 g/mol. The first-order chi connectivity index (χ1) is 7.58. The summed E-state index contributed by atoms with van der Waals surface area (Å²) in [6.45, 7) is 3.99. The fourth-order valence-electron chi connectivity index (χ4n) is 1.67. The Morgan fingerprint density at radius 3 is 2.69 bits per heavy atom. The van der Waals surface area contributed by atoms with Gasteiger partial charge in [0, 0.05) is 12.5 Å². The van der Waals surface area contributed by atoms with Gasteiger partial charge in [-0.25, -0.2) is 0 Å². The van der Waals surface area contributed by atoms with E-state index in [1.807, 2.05) is 32.0 Å². The Labute approximate surface area is 97.2 Å². The molecule has 0 spiro atoms. The summed E-state index contributed by atoms with van der Waals surface area (Å²) in [7, 11) is 1.64. The van der Waals surface area contributed by atoms with Crippen molar-refractivity contribution in [2.24, 2.45) is 5.73 Å². The smallest absolute Gasteiger partial charge is 0.122 e. The van der Waals surface area contributed by atoms with Gasteiger partial charge in [-0.15, -0.1) is 0 Å². The van der Waals surface area contributed by atoms with Crippen LogP contribution in [0.2, 0.25) is 0 Å². The van der Waals surface area contributed by atoms with Crippen molar-refractivity contribution in [1.29, 1.82) is 0 Å². The van der Waals surface area contributed by atoms with Crippen LogP contribution in [0.25, 0.3) is 0 Å². The maximum absolute atomic E-state index is 9.88. The van der Waals surface area contributed by atoms with E-state index >= 15 is 0 Å². The quantitative estimate of drug-likeness (QED) is 0.798. The standard InChI is InChI=1S/C13H21NO2/c1-4-11(14)12(15)8-10-6-5-9(2)7-13(10)16-3/h5-7,11-12,15H,4,8,14H2,1-3H3. The first-order valence-corrected chi connectivity index (χ1v) is 5.65. The number of ether oxygens (including phenoxy) is 1. The molecule has 3 heteroatoms. The van der Waals surface area contributed by atoms with Crippen molar-refractivity contribution < 1.29 is 9.84 Å². The van der Waals surface area contributed by atoms with Gasteiger partial charge in [-0.3, -0.25) is 0 Å². The van der Waals surface area contributed by atoms with Gasteiger partial charge >= 0.3 is 0 Å². The average molecular weight is 223 g/mol. The molecule has 0 aromatic heterocycles. The van der Waals surface area contributed by atoms with Crippen LogP contribution in [0.1, 0.15) is 24.5 Å². The van der Waals surface area contributed by atoms with E-state index in [-0.39, 0.29) is 6.04 Å². The molecule has 0 bridgehead atoms. The molecule has 1 aromatic rings. The third kappa shape index (κ3) is 3.22. The molecule has 0 amide bonds. The molecule has 1 rings (SSSR count). The molecule has 3 nitrogen and oxygen atoms in total. The first kappa shape index (κ1) is 13.0. The van der Waals surface area contributed by atoms with Gasteiger partial charge in [-0.2, -0.15) is 0 Å². The van der Waals surface area contributed by atoms with Gasteiger partial charge in [0.15, 0.2) is 0 Å². The molecule has 0 saturated heterocycles. The van der Waals surface area contributed by atoms with E-state index in [1.54, 1.807) is 7.11 Å². The van der Waals surface area contributed by atoms with E-state index < -0.39 is 6.10 Å². The molecule has 0 aliphatic heterocycles. The predicted octanol–water partition coefficient (Wildman–Crippen LogP) is 1.64. The number of aliphatic hydroxyl groups is 1. The normalized spacial score (nSPS) is 14.6. The molecule has 0 fully saturated rings. The summed E-state index contributed by atoms with van der Waals surface area (Å²) in [6.07, 6.45) is 0.801. The molecule has 0 saturated carbocycles. The second-order valence-corrected chi connectivity index (χ2v) is 4.16. The van der Waals surface area contributed by atoms with Crippen molar-refractivity contribution in [2.45, 2.75) is 38.8 Å². The number of hydrogen-bond acceptors (Lipinski definition) is 3. The van der Waals surface area contributed by atoms with Gasteiger partial charge < -0.3 is 15.6 Å². The summed E-state index contributed by atoms with van der Waals surface area (Å²) in [5, 5.41) is 9.88. The lowest BCUT2D eigenvalue weighted by Gasteiger charge is -2.18. The van der Waals surface area contributed by atoms with E-state index in [2.05, 4.69) is 0 Å². The molecule has 0 aliphatic carbocycles. The van der Waals surface area contributed by atoms with Crippen LogP contribution in [0.5, 0.6) is 5.75 Å². The van der Waals surface area contributed by atoms with Gasteiger partial charge in [-0.05, 0) is 30.5 Å². The number of rotatable bonds is 5. The third-order valence-corrected chi connectivity index (χ3v) is 2.84. The Morgan fingerprint density at radius 2 is 2.12 bits per heavy atom. The van der Waals surface area contributed by atoms with Crippen LogP contribution in [0.3, 0.4) is 0 Å². The zero-order chi connectivity index (χ0) is 12.1. The largest absolute Gasteiger partial charge is 0.496 e. The van der Waals surface area contributed by atoms with Gasteiger partial charge in [0.2, 0.25) is 0 Å². The summed E-state index contributed by atoms with van der Waals surface area (Å²) in [5.74, 6) is 0.822. The number of aliphatic hydroxyl groups excluding tert-OH is 1. The Bertz CT molecular complexity index is 339. The predicted molar refractivity (Wildman–Crippen MR) is 65.7 cm³/mol. The summed E-state index contributed by atoms with van der Waals surface area (Å²) >= 11 is 0. The number of aryl methyl sites for hydroxylation is 1. The van der Waals surface area contributed by atoms with Crippen LogP contribution in [-0.2, 0) is 6.42 Å². The number of nitrogens with two attached hydrogens (primary N) is 1. The minimum atomic E-state index is -0.512. The molecule has 90 valence electrons. The van der Waals surface area contributed by atoms with Gasteiger partial charge in [0.25, 0.3) is 0 Å². The van der Waals surface area contributed by atoms with Gasteiger partial charge in [0.05, 0.1) is 13.2 Å². The Morgan fingerprint density at radius 1 is 1.44 bits per heavy atom. The van der Waals surface area contributed by atoms with Gasteiger partial charge in [0.1, 0.15) is 5.75 Å². The fraction of sp³-hybridized carbons (Fsp3) is 0.538. The van der Waals surface area contributed by atoms with E-state index in [4.69, 9.17) is 10.5 Å². The average Bonchev–Trinajstić information content (AvgIpc) is 2.30. The Hall–Kier alpha value is -1.06. The molecule has 2 atom stereocenters. The van der Waals surface area contributed by atoms with E-state index in [0.717, 1.165) is 23.3 Å². The van der Waals surface area contributed by atoms with Crippen LogP contribution in [0, 0.1) is 6.92 Å². The lowest BCUT2D eigenvalue weighted by atomic mass is 9.99. The number of hydrogen-bond donors (Lipinski definition) is 2. The molecule has 0 aliphatic rings. The summed E-state index contributed by atoms with van der Waals surface area (Å²) in [5.41, 5.74) is 7.95. The first-order valence-electron chi connectivity index (χ1n) is 5.65. The topological polar surface area (TPSA) is 55.5 Å². The second-order valence-electron chi connectivity index (χ2n) is 4.16. The van der Waals surface area contributed by atoms with E-state index in [1.165, 1.54) is 0 Å². The summed E-state index contributed by atoms with van der Waals surface area (Å²) in [6, 6.07) is 5.80. The van der Waals surface area contributed by atoms with Crippen LogP contribution in [0.4, 0.5) is 0 Å². The van der Waals surface area contributed by atoms with Crippen molar-refractivity contribution in [3.8, 4) is 5.75 Å². The van der Waals surface area contributed by atoms with Crippen molar-refractivity contribution in [1.82, 2.24) is 0 Å². The fourth-order valence-corrected chi connectivity index (χ4v) is 1.67. The Kier molecular flexibility index (Phi) is 4.77. The molecular formula is C13H21NO2. The maximum atomic E-state index is 9.88. The van der Waals surface area contributed by atoms with Crippen molar-refractivity contribution in [3.05, 3.63) is 29.3 Å². The lowest BCUT2D eigenvalue weighted by Crippen LogP contribution is -2.35. The van der Waals surface area contributed by atoms with Crippen LogP contribution in [0.15, 0.2) is 18.2 Å². The van der Waals surface area contributed by atoms with Crippen molar-refractivity contribution in [3.63, 3.8) is 0 Å². The van der Waals surface area contributed by atoms with Crippen LogP contribution < -0.4 is 10.5 Å². The molecule has 16 heavy (non-hydrogen) atoms. The zero-order valence-corrected chi connectivity index (χ0v) is 10.2. The summed E-state index contributed by atoms with van der Waals surface area (Å²) in [4.78, 5) is 0. The SMILES string of the molecule is CCC(N)C(O)Cc1ccc(C)cc1OC. The molecule has 3 N–H and O–H groups in total. The molecule has 0 heterocycles. The van der Waals surface area contributed by atoms with Gasteiger partial charge in [-0.1, -0.05) is 19.1 Å². The molecule has 0 radical (unpaired) electrons. The molecule has 2 unspecified atom stereocenters. The molecule has 1 aromatic carbocycles. The van der Waals surface area contributed by atoms with Crippen LogP contribution >= 0.6 is 0 Å². The Balaban J connectivity index is 2.80. The van der Waals surface area contributed by atoms with E-state index in [9.17, 15) is 5.11 Å². The monoisotopic (exact) mass is 223 g/mol. The summed E-state index contributed by atoms with van der Waals surface area (Å²) < 4.78 is 5.29.